The molecule has 0 saturated heterocycles. The predicted octanol–water partition coefficient (Wildman–Crippen LogP) is 0.677. The van der Waals surface area contributed by atoms with Crippen molar-refractivity contribution in [3.05, 3.63) is 11.3 Å². The average molecular weight is 218 g/mol. The van der Waals surface area contributed by atoms with Crippen molar-refractivity contribution in [1.29, 1.82) is 5.26 Å². The fourth-order valence-corrected chi connectivity index (χ4v) is 0.439. The summed E-state index contributed by atoms with van der Waals surface area (Å²) in [7, 11) is 0.795. The summed E-state index contributed by atoms with van der Waals surface area (Å²) >= 11 is 0. The summed E-state index contributed by atoms with van der Waals surface area (Å²) in [5, 5.41) is 16.5. The van der Waals surface area contributed by atoms with Crippen molar-refractivity contribution in [2.75, 3.05) is 7.11 Å². The monoisotopic (exact) mass is 218 g/mol. The molecule has 1 N–H and O–H groups in total. The molecule has 0 aromatic heterocycles. The standard InChI is InChI=1S/C6H4F3NO3.Na/c1-13-5(12)3(2-10)4(11)6(7,8)9;/h11H,1H3;. The van der Waals surface area contributed by atoms with Gasteiger partial charge in [-0.25, -0.2) is 4.79 Å². The summed E-state index contributed by atoms with van der Waals surface area (Å²) in [5.74, 6) is -3.78. The first-order valence-corrected chi connectivity index (χ1v) is 2.83. The molecule has 0 bridgehead atoms. The Labute approximate surface area is 99.2 Å². The van der Waals surface area contributed by atoms with Gasteiger partial charge < -0.3 is 9.84 Å². The quantitative estimate of drug-likeness (QED) is 0.231. The number of carbonyl (C=O) groups is 1. The van der Waals surface area contributed by atoms with E-state index in [2.05, 4.69) is 4.74 Å². The van der Waals surface area contributed by atoms with Crippen molar-refractivity contribution in [2.24, 2.45) is 0 Å². The van der Waals surface area contributed by atoms with E-state index in [0.717, 1.165) is 13.2 Å². The third kappa shape index (κ3) is 4.00. The van der Waals surface area contributed by atoms with Crippen LogP contribution in [-0.2, 0) is 9.53 Å². The second kappa shape index (κ2) is 5.90. The first kappa shape index (κ1) is 15.7. The molecule has 73 valence electrons. The number of halogens is 3. The van der Waals surface area contributed by atoms with Gasteiger partial charge in [0.1, 0.15) is 6.07 Å². The molecular weight excluding hydrogens is 214 g/mol. The van der Waals surface area contributed by atoms with Crippen LogP contribution in [0, 0.1) is 11.3 Å². The van der Waals surface area contributed by atoms with Crippen LogP contribution in [0.2, 0.25) is 0 Å². The van der Waals surface area contributed by atoms with Crippen molar-refractivity contribution in [3.8, 4) is 6.07 Å². The van der Waals surface area contributed by atoms with Crippen LogP contribution in [0.1, 0.15) is 0 Å². The SMILES string of the molecule is COC(=O)C(C#N)=C(O)C(F)(F)F.[Na]. The summed E-state index contributed by atoms with van der Waals surface area (Å²) in [6, 6.07) is 0.894. The summed E-state index contributed by atoms with van der Waals surface area (Å²) < 4.78 is 39.0. The van der Waals surface area contributed by atoms with Gasteiger partial charge in [0.15, 0.2) is 5.57 Å². The van der Waals surface area contributed by atoms with E-state index >= 15 is 0 Å². The van der Waals surface area contributed by atoms with Crippen LogP contribution in [0.25, 0.3) is 0 Å². The molecule has 0 aliphatic rings. The number of nitriles is 1. The van der Waals surface area contributed by atoms with Gasteiger partial charge in [0.2, 0.25) is 5.76 Å². The number of hydrogen-bond acceptors (Lipinski definition) is 4. The maximum atomic E-state index is 11.7. The number of alkyl halides is 3. The Balaban J connectivity index is 0. The van der Waals surface area contributed by atoms with Crippen LogP contribution in [0.5, 0.6) is 0 Å². The van der Waals surface area contributed by atoms with E-state index in [9.17, 15) is 18.0 Å². The first-order chi connectivity index (χ1) is 5.84. The smallest absolute Gasteiger partial charge is 0.450 e. The fraction of sp³-hybridized carbons (Fsp3) is 0.333. The Morgan fingerprint density at radius 3 is 2.14 bits per heavy atom. The van der Waals surface area contributed by atoms with Gasteiger partial charge >= 0.3 is 12.1 Å². The molecule has 1 radical (unpaired) electrons. The van der Waals surface area contributed by atoms with Gasteiger partial charge in [-0.05, 0) is 0 Å². The molecule has 0 atom stereocenters. The van der Waals surface area contributed by atoms with Crippen LogP contribution in [-0.4, -0.2) is 53.9 Å². The fourth-order valence-electron chi connectivity index (χ4n) is 0.439. The molecule has 14 heavy (non-hydrogen) atoms. The number of nitrogens with zero attached hydrogens (tertiary/aromatic N) is 1. The molecule has 0 aliphatic carbocycles. The Morgan fingerprint density at radius 2 is 1.93 bits per heavy atom. The minimum Gasteiger partial charge on any atom is -0.503 e. The number of hydrogen-bond donors (Lipinski definition) is 1. The zero-order valence-electron chi connectivity index (χ0n) is 7.34. The Hall–Kier alpha value is -0.710. The topological polar surface area (TPSA) is 70.3 Å². The molecule has 0 rings (SSSR count). The molecule has 0 saturated carbocycles. The minimum atomic E-state index is -5.13. The van der Waals surface area contributed by atoms with E-state index in [1.807, 2.05) is 0 Å². The molecule has 4 nitrogen and oxygen atoms in total. The summed E-state index contributed by atoms with van der Waals surface area (Å²) in [5.41, 5.74) is -1.46. The number of carbonyl (C=O) groups excluding carboxylic acids is 1. The predicted molar refractivity (Wildman–Crippen MR) is 39.1 cm³/mol. The number of allylic oxidation sites excluding steroid dienone is 1. The van der Waals surface area contributed by atoms with Crippen molar-refractivity contribution in [2.45, 2.75) is 6.18 Å². The molecule has 0 aromatic rings. The van der Waals surface area contributed by atoms with Gasteiger partial charge in [-0.15, -0.1) is 0 Å². The first-order valence-electron chi connectivity index (χ1n) is 2.83. The second-order valence-electron chi connectivity index (χ2n) is 1.82. The molecule has 0 aliphatic heterocycles. The Kier molecular flexibility index (Phi) is 6.64. The van der Waals surface area contributed by atoms with Gasteiger partial charge in [-0.2, -0.15) is 18.4 Å². The van der Waals surface area contributed by atoms with Crippen LogP contribution < -0.4 is 0 Å². The third-order valence-corrected chi connectivity index (χ3v) is 1.01. The number of aliphatic hydroxyl groups is 1. The van der Waals surface area contributed by atoms with E-state index in [1.54, 1.807) is 0 Å². The van der Waals surface area contributed by atoms with Crippen molar-refractivity contribution < 1.29 is 27.8 Å². The van der Waals surface area contributed by atoms with Crippen LogP contribution in [0.3, 0.4) is 0 Å². The van der Waals surface area contributed by atoms with Gasteiger partial charge in [-0.3, -0.25) is 0 Å². The molecular formula is C6H4F3NNaO3. The summed E-state index contributed by atoms with van der Waals surface area (Å²) in [6.07, 6.45) is -5.13. The number of methoxy groups -OCH3 is 1. The van der Waals surface area contributed by atoms with Gasteiger partial charge in [-0.1, -0.05) is 0 Å². The van der Waals surface area contributed by atoms with E-state index in [0.29, 0.717) is 0 Å². The van der Waals surface area contributed by atoms with Crippen molar-refractivity contribution in [3.63, 3.8) is 0 Å². The number of ether oxygens (including phenoxy) is 1. The molecule has 0 unspecified atom stereocenters. The van der Waals surface area contributed by atoms with Gasteiger partial charge in [0.25, 0.3) is 0 Å². The van der Waals surface area contributed by atoms with E-state index in [4.69, 9.17) is 10.4 Å². The maximum Gasteiger partial charge on any atom is 0.450 e. The van der Waals surface area contributed by atoms with Crippen LogP contribution in [0.4, 0.5) is 13.2 Å². The van der Waals surface area contributed by atoms with E-state index < -0.39 is 23.5 Å². The second-order valence-corrected chi connectivity index (χ2v) is 1.82. The average Bonchev–Trinajstić information content (AvgIpc) is 2.03. The zero-order valence-corrected chi connectivity index (χ0v) is 9.34. The molecule has 8 heteroatoms. The van der Waals surface area contributed by atoms with Crippen molar-refractivity contribution in [1.82, 2.24) is 0 Å². The number of esters is 1. The van der Waals surface area contributed by atoms with E-state index in [1.165, 1.54) is 0 Å². The van der Waals surface area contributed by atoms with Crippen LogP contribution >= 0.6 is 0 Å². The largest absolute Gasteiger partial charge is 0.503 e. The van der Waals surface area contributed by atoms with Crippen molar-refractivity contribution >= 4 is 35.5 Å². The Bertz CT molecular complexity index is 292. The number of aliphatic hydroxyl groups excluding tert-OH is 1. The molecule has 0 heterocycles. The molecule has 0 aromatic carbocycles. The van der Waals surface area contributed by atoms with Crippen LogP contribution in [0.15, 0.2) is 11.3 Å². The summed E-state index contributed by atoms with van der Waals surface area (Å²) in [4.78, 5) is 10.5. The maximum absolute atomic E-state index is 11.7. The molecule has 0 amide bonds. The minimum absolute atomic E-state index is 0. The van der Waals surface area contributed by atoms with Gasteiger partial charge in [0.05, 0.1) is 7.11 Å². The zero-order chi connectivity index (χ0) is 10.6. The molecule has 0 spiro atoms. The third-order valence-electron chi connectivity index (χ3n) is 1.01. The Morgan fingerprint density at radius 1 is 1.50 bits per heavy atom. The molecule has 0 fully saturated rings. The normalized spacial score (nSPS) is 11.9. The van der Waals surface area contributed by atoms with Gasteiger partial charge in [0, 0.05) is 29.6 Å². The van der Waals surface area contributed by atoms with E-state index in [-0.39, 0.29) is 29.6 Å². The number of rotatable bonds is 1. The summed E-state index contributed by atoms with van der Waals surface area (Å²) in [6.45, 7) is 0.